The van der Waals surface area contributed by atoms with E-state index in [1.54, 1.807) is 12.4 Å². The van der Waals surface area contributed by atoms with Gasteiger partial charge in [0, 0.05) is 30.8 Å². The third kappa shape index (κ3) is 3.24. The Labute approximate surface area is 131 Å². The fourth-order valence-electron chi connectivity index (χ4n) is 2.84. The molecule has 112 valence electrons. The summed E-state index contributed by atoms with van der Waals surface area (Å²) in [4.78, 5) is 8.42. The topological polar surface area (TPSA) is 86.7 Å². The lowest BCUT2D eigenvalue weighted by Crippen LogP contribution is -2.22. The molecule has 1 aliphatic carbocycles. The largest absolute Gasteiger partial charge is 0.393 e. The molecule has 1 saturated carbocycles. The first-order valence-corrected chi connectivity index (χ1v) is 7.83. The van der Waals surface area contributed by atoms with Gasteiger partial charge in [0.05, 0.1) is 16.3 Å². The molecule has 2 heterocycles. The Bertz CT molecular complexity index is 617. The average molecular weight is 352 g/mol. The molecule has 3 rings (SSSR count). The zero-order valence-corrected chi connectivity index (χ0v) is 13.3. The maximum absolute atomic E-state index is 10.2. The molecule has 21 heavy (non-hydrogen) atoms. The SMILES string of the molecule is Cc1nc(C2C[C@H](CNc3ccncc3Br)[C@H](O)C2)n[nH]1. The Morgan fingerprint density at radius 3 is 3.05 bits per heavy atom. The molecule has 0 radical (unpaired) electrons. The van der Waals surface area contributed by atoms with Crippen LogP contribution in [0.15, 0.2) is 22.9 Å². The molecule has 0 spiro atoms. The van der Waals surface area contributed by atoms with Crippen molar-refractivity contribution < 1.29 is 5.11 Å². The number of aliphatic hydroxyl groups is 1. The minimum absolute atomic E-state index is 0.203. The van der Waals surface area contributed by atoms with Crippen LogP contribution in [0.2, 0.25) is 0 Å². The van der Waals surface area contributed by atoms with E-state index in [9.17, 15) is 5.11 Å². The van der Waals surface area contributed by atoms with Crippen LogP contribution in [0.5, 0.6) is 0 Å². The number of aromatic amines is 1. The second-order valence-electron chi connectivity index (χ2n) is 5.51. The Morgan fingerprint density at radius 2 is 2.33 bits per heavy atom. The normalized spacial score (nSPS) is 25.2. The molecule has 1 fully saturated rings. The summed E-state index contributed by atoms with van der Waals surface area (Å²) in [5.41, 5.74) is 0.995. The molecule has 1 unspecified atom stereocenters. The number of anilines is 1. The van der Waals surface area contributed by atoms with E-state index >= 15 is 0 Å². The van der Waals surface area contributed by atoms with Crippen LogP contribution < -0.4 is 5.32 Å². The molecule has 0 saturated heterocycles. The maximum atomic E-state index is 10.2. The van der Waals surface area contributed by atoms with Crippen molar-refractivity contribution in [2.45, 2.75) is 31.8 Å². The van der Waals surface area contributed by atoms with Crippen LogP contribution in [-0.2, 0) is 0 Å². The summed E-state index contributed by atoms with van der Waals surface area (Å²) in [6.07, 6.45) is 4.81. The molecule has 0 bridgehead atoms. The summed E-state index contributed by atoms with van der Waals surface area (Å²) >= 11 is 3.46. The van der Waals surface area contributed by atoms with Crippen molar-refractivity contribution in [2.24, 2.45) is 5.92 Å². The van der Waals surface area contributed by atoms with Crippen LogP contribution >= 0.6 is 15.9 Å². The molecule has 0 amide bonds. The van der Waals surface area contributed by atoms with Gasteiger partial charge < -0.3 is 10.4 Å². The smallest absolute Gasteiger partial charge is 0.153 e. The predicted octanol–water partition coefficient (Wildman–Crippen LogP) is 2.24. The molecular formula is C14H18BrN5O. The summed E-state index contributed by atoms with van der Waals surface area (Å²) in [5, 5.41) is 20.7. The van der Waals surface area contributed by atoms with Gasteiger partial charge in [0.2, 0.25) is 0 Å². The Kier molecular flexibility index (Phi) is 4.21. The highest BCUT2D eigenvalue weighted by Crippen LogP contribution is 2.37. The number of hydrogen-bond acceptors (Lipinski definition) is 5. The fourth-order valence-corrected chi connectivity index (χ4v) is 3.23. The maximum Gasteiger partial charge on any atom is 0.153 e. The van der Waals surface area contributed by atoms with E-state index in [-0.39, 0.29) is 17.9 Å². The van der Waals surface area contributed by atoms with Crippen molar-refractivity contribution in [3.8, 4) is 0 Å². The second-order valence-corrected chi connectivity index (χ2v) is 6.37. The van der Waals surface area contributed by atoms with Gasteiger partial charge in [-0.05, 0) is 41.8 Å². The summed E-state index contributed by atoms with van der Waals surface area (Å²) in [5.74, 6) is 2.08. The first-order valence-electron chi connectivity index (χ1n) is 7.04. The highest BCUT2D eigenvalue weighted by molar-refractivity contribution is 9.10. The van der Waals surface area contributed by atoms with Crippen LogP contribution in [0.1, 0.15) is 30.4 Å². The van der Waals surface area contributed by atoms with Gasteiger partial charge in [-0.1, -0.05) is 0 Å². The van der Waals surface area contributed by atoms with Gasteiger partial charge >= 0.3 is 0 Å². The van der Waals surface area contributed by atoms with Gasteiger partial charge in [0.1, 0.15) is 5.82 Å². The molecular weight excluding hydrogens is 334 g/mol. The van der Waals surface area contributed by atoms with E-state index in [1.165, 1.54) is 0 Å². The number of aryl methyl sites for hydroxylation is 1. The Morgan fingerprint density at radius 1 is 1.48 bits per heavy atom. The van der Waals surface area contributed by atoms with Gasteiger partial charge in [0.15, 0.2) is 5.82 Å². The minimum atomic E-state index is -0.318. The van der Waals surface area contributed by atoms with Crippen LogP contribution in [0.3, 0.4) is 0 Å². The number of H-pyrrole nitrogens is 1. The van der Waals surface area contributed by atoms with E-state index in [0.29, 0.717) is 0 Å². The van der Waals surface area contributed by atoms with E-state index in [2.05, 4.69) is 41.4 Å². The molecule has 3 N–H and O–H groups in total. The predicted molar refractivity (Wildman–Crippen MR) is 83.0 cm³/mol. The van der Waals surface area contributed by atoms with Crippen LogP contribution in [-0.4, -0.2) is 37.9 Å². The minimum Gasteiger partial charge on any atom is -0.393 e. The summed E-state index contributed by atoms with van der Waals surface area (Å²) in [6.45, 7) is 2.62. The number of rotatable bonds is 4. The number of halogens is 1. The summed E-state index contributed by atoms with van der Waals surface area (Å²) in [7, 11) is 0. The summed E-state index contributed by atoms with van der Waals surface area (Å²) in [6, 6.07) is 1.92. The van der Waals surface area contributed by atoms with Gasteiger partial charge in [-0.25, -0.2) is 4.98 Å². The van der Waals surface area contributed by atoms with Crippen molar-refractivity contribution in [2.75, 3.05) is 11.9 Å². The quantitative estimate of drug-likeness (QED) is 0.786. The summed E-state index contributed by atoms with van der Waals surface area (Å²) < 4.78 is 0.929. The number of aromatic nitrogens is 4. The third-order valence-corrected chi connectivity index (χ3v) is 4.60. The number of nitrogens with zero attached hydrogens (tertiary/aromatic N) is 3. The zero-order valence-electron chi connectivity index (χ0n) is 11.8. The average Bonchev–Trinajstić information content (AvgIpc) is 3.04. The molecule has 0 aromatic carbocycles. The lowest BCUT2D eigenvalue weighted by atomic mass is 10.0. The van der Waals surface area contributed by atoms with Crippen molar-refractivity contribution >= 4 is 21.6 Å². The highest BCUT2D eigenvalue weighted by Gasteiger charge is 2.35. The zero-order chi connectivity index (χ0) is 14.8. The monoisotopic (exact) mass is 351 g/mol. The molecule has 3 atom stereocenters. The van der Waals surface area contributed by atoms with Gasteiger partial charge in [-0.15, -0.1) is 0 Å². The first kappa shape index (κ1) is 14.5. The fraction of sp³-hybridized carbons (Fsp3) is 0.500. The van der Waals surface area contributed by atoms with Crippen molar-refractivity contribution in [1.82, 2.24) is 20.2 Å². The van der Waals surface area contributed by atoms with Crippen LogP contribution in [0.4, 0.5) is 5.69 Å². The molecule has 2 aromatic rings. The van der Waals surface area contributed by atoms with Crippen LogP contribution in [0.25, 0.3) is 0 Å². The van der Waals surface area contributed by atoms with E-state index in [4.69, 9.17) is 0 Å². The number of aliphatic hydroxyl groups excluding tert-OH is 1. The number of nitrogens with one attached hydrogen (secondary N) is 2. The van der Waals surface area contributed by atoms with Gasteiger partial charge in [-0.3, -0.25) is 10.1 Å². The Hall–Kier alpha value is -1.47. The van der Waals surface area contributed by atoms with E-state index < -0.39 is 0 Å². The molecule has 7 heteroatoms. The van der Waals surface area contributed by atoms with Gasteiger partial charge in [0.25, 0.3) is 0 Å². The van der Waals surface area contributed by atoms with Crippen molar-refractivity contribution in [3.05, 3.63) is 34.6 Å². The molecule has 6 nitrogen and oxygen atoms in total. The van der Waals surface area contributed by atoms with E-state index in [0.717, 1.165) is 41.2 Å². The van der Waals surface area contributed by atoms with Crippen molar-refractivity contribution in [3.63, 3.8) is 0 Å². The number of hydrogen-bond donors (Lipinski definition) is 3. The lowest BCUT2D eigenvalue weighted by molar-refractivity contribution is 0.138. The third-order valence-electron chi connectivity index (χ3n) is 3.96. The number of pyridine rings is 1. The van der Waals surface area contributed by atoms with Crippen LogP contribution in [0, 0.1) is 12.8 Å². The Balaban J connectivity index is 1.61. The first-order chi connectivity index (χ1) is 10.1. The molecule has 2 aromatic heterocycles. The standard InChI is InChI=1S/C14H18BrN5O/c1-8-18-14(20-19-8)9-4-10(13(21)5-9)6-17-12-2-3-16-7-11(12)15/h2-3,7,9-10,13,21H,4-6H2,1H3,(H,16,17)(H,18,19,20)/t9?,10-,13-/m1/s1. The van der Waals surface area contributed by atoms with Crippen molar-refractivity contribution in [1.29, 1.82) is 0 Å². The second kappa shape index (κ2) is 6.11. The van der Waals surface area contributed by atoms with Gasteiger partial charge in [-0.2, -0.15) is 5.10 Å². The lowest BCUT2D eigenvalue weighted by Gasteiger charge is -2.16. The molecule has 1 aliphatic rings. The molecule has 0 aliphatic heterocycles. The van der Waals surface area contributed by atoms with E-state index in [1.807, 2.05) is 13.0 Å². The highest BCUT2D eigenvalue weighted by atomic mass is 79.9.